The zero-order valence-electron chi connectivity index (χ0n) is 16.5. The Bertz CT molecular complexity index is 992. The Morgan fingerprint density at radius 2 is 1.97 bits per heavy atom. The lowest BCUT2D eigenvalue weighted by Crippen LogP contribution is -2.43. The lowest BCUT2D eigenvalue weighted by Gasteiger charge is -2.32. The first-order valence-electron chi connectivity index (χ1n) is 9.88. The van der Waals surface area contributed by atoms with Gasteiger partial charge in [0.05, 0.1) is 11.6 Å². The molecule has 0 spiro atoms. The van der Waals surface area contributed by atoms with E-state index in [1.165, 1.54) is 0 Å². The van der Waals surface area contributed by atoms with E-state index >= 15 is 0 Å². The molecule has 0 aliphatic carbocycles. The van der Waals surface area contributed by atoms with Crippen molar-refractivity contribution < 1.29 is 19.1 Å². The SMILES string of the molecule is C[C@H]1Oc2ccc(NC(=O)[C@@H]3CCCN(C(=O)c4ccc(Cl)cc4)C3)cc2NC1=O. The van der Waals surface area contributed by atoms with Crippen molar-refractivity contribution in [3.8, 4) is 5.75 Å². The molecule has 30 heavy (non-hydrogen) atoms. The standard InChI is InChI=1S/C22H22ClN3O4/c1-13-20(27)25-18-11-17(8-9-19(18)30-13)24-21(28)15-3-2-10-26(12-15)22(29)14-4-6-16(23)7-5-14/h4-9,11,13,15H,2-3,10,12H2,1H3,(H,24,28)(H,25,27)/t13-,15-/m1/s1. The molecule has 8 heteroatoms. The number of carbonyl (C=O) groups excluding carboxylic acids is 3. The predicted molar refractivity (Wildman–Crippen MR) is 114 cm³/mol. The van der Waals surface area contributed by atoms with Gasteiger partial charge in [0.2, 0.25) is 5.91 Å². The molecule has 156 valence electrons. The highest BCUT2D eigenvalue weighted by Crippen LogP contribution is 2.32. The maximum Gasteiger partial charge on any atom is 0.265 e. The lowest BCUT2D eigenvalue weighted by molar-refractivity contribution is -0.123. The number of likely N-dealkylation sites (tertiary alicyclic amines) is 1. The Hall–Kier alpha value is -3.06. The summed E-state index contributed by atoms with van der Waals surface area (Å²) in [6, 6.07) is 11.9. The maximum atomic E-state index is 12.8. The van der Waals surface area contributed by atoms with Gasteiger partial charge < -0.3 is 20.3 Å². The van der Waals surface area contributed by atoms with Crippen molar-refractivity contribution in [3.63, 3.8) is 0 Å². The largest absolute Gasteiger partial charge is 0.479 e. The van der Waals surface area contributed by atoms with E-state index in [2.05, 4.69) is 10.6 Å². The van der Waals surface area contributed by atoms with Crippen LogP contribution in [0.15, 0.2) is 42.5 Å². The van der Waals surface area contributed by atoms with Gasteiger partial charge in [-0.15, -0.1) is 0 Å². The molecule has 1 saturated heterocycles. The van der Waals surface area contributed by atoms with Crippen LogP contribution >= 0.6 is 11.6 Å². The molecule has 1 fully saturated rings. The third-order valence-corrected chi connectivity index (χ3v) is 5.60. The molecule has 2 aliphatic rings. The van der Waals surface area contributed by atoms with Crippen LogP contribution in [-0.2, 0) is 9.59 Å². The Morgan fingerprint density at radius 1 is 1.20 bits per heavy atom. The van der Waals surface area contributed by atoms with E-state index in [1.807, 2.05) is 0 Å². The van der Waals surface area contributed by atoms with Crippen LogP contribution in [-0.4, -0.2) is 41.8 Å². The van der Waals surface area contributed by atoms with Crippen molar-refractivity contribution in [2.24, 2.45) is 5.92 Å². The van der Waals surface area contributed by atoms with Crippen molar-refractivity contribution >= 4 is 40.7 Å². The van der Waals surface area contributed by atoms with Crippen LogP contribution in [0.3, 0.4) is 0 Å². The lowest BCUT2D eigenvalue weighted by atomic mass is 9.96. The Balaban J connectivity index is 1.41. The second-order valence-electron chi connectivity index (χ2n) is 7.55. The van der Waals surface area contributed by atoms with Crippen LogP contribution in [0.4, 0.5) is 11.4 Å². The van der Waals surface area contributed by atoms with E-state index in [9.17, 15) is 14.4 Å². The summed E-state index contributed by atoms with van der Waals surface area (Å²) in [4.78, 5) is 39.1. The molecule has 2 aromatic rings. The number of anilines is 2. The number of hydrogen-bond donors (Lipinski definition) is 2. The summed E-state index contributed by atoms with van der Waals surface area (Å²) in [5.74, 6) is -0.226. The summed E-state index contributed by atoms with van der Waals surface area (Å²) in [6.07, 6.45) is 0.909. The molecule has 7 nitrogen and oxygen atoms in total. The van der Waals surface area contributed by atoms with Crippen molar-refractivity contribution in [2.45, 2.75) is 25.9 Å². The average molecular weight is 428 g/mol. The minimum Gasteiger partial charge on any atom is -0.479 e. The highest BCUT2D eigenvalue weighted by molar-refractivity contribution is 6.30. The van der Waals surface area contributed by atoms with E-state index in [0.717, 1.165) is 6.42 Å². The number of nitrogens with zero attached hydrogens (tertiary/aromatic N) is 1. The molecule has 0 radical (unpaired) electrons. The van der Waals surface area contributed by atoms with Crippen molar-refractivity contribution in [1.29, 1.82) is 0 Å². The van der Waals surface area contributed by atoms with Gasteiger partial charge in [-0.2, -0.15) is 0 Å². The number of halogens is 1. The summed E-state index contributed by atoms with van der Waals surface area (Å²) in [5.41, 5.74) is 1.65. The van der Waals surface area contributed by atoms with Crippen molar-refractivity contribution in [1.82, 2.24) is 4.90 Å². The van der Waals surface area contributed by atoms with Crippen LogP contribution in [0.1, 0.15) is 30.1 Å². The van der Waals surface area contributed by atoms with Gasteiger partial charge in [0.25, 0.3) is 11.8 Å². The summed E-state index contributed by atoms with van der Waals surface area (Å²) in [5, 5.41) is 6.24. The number of benzene rings is 2. The van der Waals surface area contributed by atoms with E-state index in [1.54, 1.807) is 54.3 Å². The molecular formula is C22H22ClN3O4. The molecule has 2 N–H and O–H groups in total. The first-order chi connectivity index (χ1) is 14.4. The summed E-state index contributed by atoms with van der Waals surface area (Å²) in [7, 11) is 0. The fourth-order valence-electron chi connectivity index (χ4n) is 3.68. The van der Waals surface area contributed by atoms with Crippen molar-refractivity contribution in [3.05, 3.63) is 53.1 Å². The van der Waals surface area contributed by atoms with Crippen molar-refractivity contribution in [2.75, 3.05) is 23.7 Å². The fraction of sp³-hybridized carbons (Fsp3) is 0.318. The van der Waals surface area contributed by atoms with Crippen LogP contribution in [0.25, 0.3) is 0 Å². The molecule has 0 bridgehead atoms. The topological polar surface area (TPSA) is 87.7 Å². The Kier molecular flexibility index (Phi) is 5.63. The van der Waals surface area contributed by atoms with Gasteiger partial charge >= 0.3 is 0 Å². The number of carbonyl (C=O) groups is 3. The molecular weight excluding hydrogens is 406 g/mol. The molecule has 4 rings (SSSR count). The quantitative estimate of drug-likeness (QED) is 0.784. The van der Waals surface area contributed by atoms with E-state index in [-0.39, 0.29) is 23.6 Å². The number of nitrogens with one attached hydrogen (secondary N) is 2. The minimum absolute atomic E-state index is 0.105. The first-order valence-corrected chi connectivity index (χ1v) is 10.3. The number of piperidine rings is 1. The van der Waals surface area contributed by atoms with E-state index in [4.69, 9.17) is 16.3 Å². The van der Waals surface area contributed by atoms with E-state index in [0.29, 0.717) is 47.2 Å². The average Bonchev–Trinajstić information content (AvgIpc) is 2.75. The number of rotatable bonds is 3. The summed E-state index contributed by atoms with van der Waals surface area (Å²) in [6.45, 7) is 2.65. The summed E-state index contributed by atoms with van der Waals surface area (Å²) < 4.78 is 5.53. The second-order valence-corrected chi connectivity index (χ2v) is 7.98. The van der Waals surface area contributed by atoms with Crippen LogP contribution in [0, 0.1) is 5.92 Å². The number of hydrogen-bond acceptors (Lipinski definition) is 4. The maximum absolute atomic E-state index is 12.8. The molecule has 2 aliphatic heterocycles. The first kappa shape index (κ1) is 20.2. The van der Waals surface area contributed by atoms with Gasteiger partial charge in [-0.05, 0) is 62.2 Å². The van der Waals surface area contributed by atoms with Crippen LogP contribution in [0.2, 0.25) is 5.02 Å². The molecule has 0 aromatic heterocycles. The zero-order chi connectivity index (χ0) is 21.3. The fourth-order valence-corrected chi connectivity index (χ4v) is 3.81. The van der Waals surface area contributed by atoms with Gasteiger partial charge in [0.1, 0.15) is 5.75 Å². The minimum atomic E-state index is -0.552. The Labute approximate surface area is 179 Å². The highest BCUT2D eigenvalue weighted by atomic mass is 35.5. The third-order valence-electron chi connectivity index (χ3n) is 5.35. The van der Waals surface area contributed by atoms with Gasteiger partial charge in [-0.1, -0.05) is 11.6 Å². The predicted octanol–water partition coefficient (Wildman–Crippen LogP) is 3.55. The normalized spacial score (nSPS) is 20.6. The molecule has 2 aromatic carbocycles. The molecule has 2 atom stereocenters. The number of ether oxygens (including phenoxy) is 1. The second kappa shape index (κ2) is 8.36. The number of amides is 3. The molecule has 0 saturated carbocycles. The molecule has 3 amide bonds. The van der Waals surface area contributed by atoms with E-state index < -0.39 is 6.10 Å². The summed E-state index contributed by atoms with van der Waals surface area (Å²) >= 11 is 5.89. The van der Waals surface area contributed by atoms with Crippen LogP contribution < -0.4 is 15.4 Å². The van der Waals surface area contributed by atoms with Crippen LogP contribution in [0.5, 0.6) is 5.75 Å². The zero-order valence-corrected chi connectivity index (χ0v) is 17.2. The molecule has 0 unspecified atom stereocenters. The van der Waals surface area contributed by atoms with Gasteiger partial charge in [0, 0.05) is 29.4 Å². The highest BCUT2D eigenvalue weighted by Gasteiger charge is 2.29. The van der Waals surface area contributed by atoms with Gasteiger partial charge in [-0.25, -0.2) is 0 Å². The molecule has 2 heterocycles. The smallest absolute Gasteiger partial charge is 0.265 e. The Morgan fingerprint density at radius 3 is 2.73 bits per heavy atom. The van der Waals surface area contributed by atoms with Gasteiger partial charge in [-0.3, -0.25) is 14.4 Å². The number of fused-ring (bicyclic) bond motifs is 1. The van der Waals surface area contributed by atoms with Gasteiger partial charge in [0.15, 0.2) is 6.10 Å². The third kappa shape index (κ3) is 4.26. The monoisotopic (exact) mass is 427 g/mol.